The van der Waals surface area contributed by atoms with E-state index in [-0.39, 0.29) is 41.4 Å². The number of aromatic amines is 1. The highest BCUT2D eigenvalue weighted by Gasteiger charge is 2.43. The first-order valence-electron chi connectivity index (χ1n) is 11.3. The number of rotatable bonds is 4. The quantitative estimate of drug-likeness (QED) is 0.721. The zero-order chi connectivity index (χ0) is 22.2. The number of H-pyrrole nitrogens is 1. The van der Waals surface area contributed by atoms with Crippen molar-refractivity contribution in [1.82, 2.24) is 14.9 Å². The SMILES string of the molecule is CCc1cc(=O)oc2nc(ON=C3CC4CCC(C3)N4C(=O)OC3CCCC3)[nH]c(=O)c12. The van der Waals surface area contributed by atoms with Gasteiger partial charge in [-0.05, 0) is 50.5 Å². The standard InChI is InChI=1S/C22H26N4O6/c1-2-12-9-17(27)31-20-18(12)19(28)23-21(24-20)32-25-13-10-14-7-8-15(11-13)26(14)22(29)30-16-5-3-4-6-16/h9,14-16H,2-8,10-11H2,1H3,(H,23,24,28). The topological polar surface area (TPSA) is 127 Å². The van der Waals surface area contributed by atoms with E-state index in [2.05, 4.69) is 15.1 Å². The number of nitrogens with zero attached hydrogens (tertiary/aromatic N) is 3. The Kier molecular flexibility index (Phi) is 5.44. The van der Waals surface area contributed by atoms with Gasteiger partial charge in [0.25, 0.3) is 5.56 Å². The number of hydrogen-bond donors (Lipinski definition) is 1. The molecule has 4 heterocycles. The van der Waals surface area contributed by atoms with Gasteiger partial charge in [-0.15, -0.1) is 0 Å². The fourth-order valence-corrected chi connectivity index (χ4v) is 5.13. The lowest BCUT2D eigenvalue weighted by atomic mass is 10.0. The minimum atomic E-state index is -0.571. The van der Waals surface area contributed by atoms with E-state index in [1.165, 1.54) is 6.07 Å². The van der Waals surface area contributed by atoms with Gasteiger partial charge in [0.2, 0.25) is 5.71 Å². The average Bonchev–Trinajstić information content (AvgIpc) is 3.36. The number of carbonyl (C=O) groups is 1. The van der Waals surface area contributed by atoms with Crippen LogP contribution in [0.3, 0.4) is 0 Å². The van der Waals surface area contributed by atoms with E-state index < -0.39 is 11.2 Å². The average molecular weight is 442 g/mol. The number of piperidine rings is 1. The van der Waals surface area contributed by atoms with Gasteiger partial charge in [-0.1, -0.05) is 12.1 Å². The summed E-state index contributed by atoms with van der Waals surface area (Å²) in [6.45, 7) is 1.84. The zero-order valence-electron chi connectivity index (χ0n) is 18.0. The maximum Gasteiger partial charge on any atom is 0.410 e. The third-order valence-corrected chi connectivity index (χ3v) is 6.66. The van der Waals surface area contributed by atoms with E-state index >= 15 is 0 Å². The molecule has 10 nitrogen and oxygen atoms in total. The van der Waals surface area contributed by atoms with Crippen LogP contribution < -0.4 is 16.0 Å². The summed E-state index contributed by atoms with van der Waals surface area (Å²) >= 11 is 0. The first-order chi connectivity index (χ1) is 15.5. The molecule has 3 fully saturated rings. The lowest BCUT2D eigenvalue weighted by molar-refractivity contribution is 0.0496. The van der Waals surface area contributed by atoms with Crippen molar-refractivity contribution >= 4 is 22.9 Å². The molecule has 2 saturated heterocycles. The Hall–Kier alpha value is -3.17. The van der Waals surface area contributed by atoms with Crippen LogP contribution in [0.1, 0.15) is 63.9 Å². The van der Waals surface area contributed by atoms with Gasteiger partial charge in [0.05, 0.1) is 5.71 Å². The predicted octanol–water partition coefficient (Wildman–Crippen LogP) is 2.88. The van der Waals surface area contributed by atoms with Gasteiger partial charge < -0.3 is 18.9 Å². The number of hydrogen-bond acceptors (Lipinski definition) is 8. The number of fused-ring (bicyclic) bond motifs is 3. The Morgan fingerprint density at radius 2 is 1.94 bits per heavy atom. The Balaban J connectivity index is 1.30. The Morgan fingerprint density at radius 3 is 2.62 bits per heavy atom. The second-order valence-electron chi connectivity index (χ2n) is 8.74. The summed E-state index contributed by atoms with van der Waals surface area (Å²) in [5.74, 6) is 0. The number of carbonyl (C=O) groups excluding carboxylic acids is 1. The third kappa shape index (κ3) is 3.89. The molecule has 2 aliphatic heterocycles. The van der Waals surface area contributed by atoms with Crippen molar-refractivity contribution in [3.05, 3.63) is 32.4 Å². The van der Waals surface area contributed by atoms with Gasteiger partial charge in [0.15, 0.2) is 0 Å². The molecule has 1 amide bonds. The van der Waals surface area contributed by atoms with Crippen molar-refractivity contribution in [2.75, 3.05) is 0 Å². The zero-order valence-corrected chi connectivity index (χ0v) is 18.0. The maximum atomic E-state index is 12.7. The highest BCUT2D eigenvalue weighted by atomic mass is 16.6. The van der Waals surface area contributed by atoms with Gasteiger partial charge in [0.1, 0.15) is 11.5 Å². The van der Waals surface area contributed by atoms with Crippen LogP contribution in [0.25, 0.3) is 11.1 Å². The molecule has 0 radical (unpaired) electrons. The molecule has 2 aromatic rings. The highest BCUT2D eigenvalue weighted by molar-refractivity contribution is 5.88. The van der Waals surface area contributed by atoms with Crippen molar-refractivity contribution in [2.45, 2.75) is 82.9 Å². The predicted molar refractivity (Wildman–Crippen MR) is 115 cm³/mol. The van der Waals surface area contributed by atoms with Crippen molar-refractivity contribution in [1.29, 1.82) is 0 Å². The lowest BCUT2D eigenvalue weighted by Gasteiger charge is -2.35. The molecule has 2 aromatic heterocycles. The minimum Gasteiger partial charge on any atom is -0.446 e. The lowest BCUT2D eigenvalue weighted by Crippen LogP contribution is -2.47. The molecule has 2 bridgehead atoms. The molecule has 170 valence electrons. The van der Waals surface area contributed by atoms with Crippen LogP contribution in [0.5, 0.6) is 6.01 Å². The maximum absolute atomic E-state index is 12.7. The molecule has 1 saturated carbocycles. The molecule has 0 spiro atoms. The molecule has 2 atom stereocenters. The van der Waals surface area contributed by atoms with E-state index in [0.29, 0.717) is 24.8 Å². The normalized spacial score (nSPS) is 23.0. The Bertz CT molecular complexity index is 1160. The van der Waals surface area contributed by atoms with E-state index in [1.54, 1.807) is 0 Å². The van der Waals surface area contributed by atoms with E-state index in [9.17, 15) is 14.4 Å². The smallest absolute Gasteiger partial charge is 0.410 e. The Labute approximate surface area is 183 Å². The van der Waals surface area contributed by atoms with Crippen LogP contribution in [-0.4, -0.2) is 44.9 Å². The fraction of sp³-hybridized carbons (Fsp3) is 0.591. The number of oxime groups is 1. The Morgan fingerprint density at radius 1 is 1.22 bits per heavy atom. The van der Waals surface area contributed by atoms with Gasteiger partial charge >= 0.3 is 17.7 Å². The second kappa shape index (κ2) is 8.40. The summed E-state index contributed by atoms with van der Waals surface area (Å²) in [5, 5.41) is 4.43. The molecule has 32 heavy (non-hydrogen) atoms. The van der Waals surface area contributed by atoms with Crippen molar-refractivity contribution in [2.24, 2.45) is 5.16 Å². The van der Waals surface area contributed by atoms with Gasteiger partial charge in [-0.3, -0.25) is 9.78 Å². The van der Waals surface area contributed by atoms with Crippen LogP contribution in [0.15, 0.2) is 25.2 Å². The molecule has 5 rings (SSSR count). The van der Waals surface area contributed by atoms with Crippen molar-refractivity contribution < 1.29 is 18.8 Å². The first kappa shape index (κ1) is 20.7. The van der Waals surface area contributed by atoms with Crippen LogP contribution in [0.2, 0.25) is 0 Å². The van der Waals surface area contributed by atoms with E-state index in [0.717, 1.165) is 44.2 Å². The summed E-state index contributed by atoms with van der Waals surface area (Å²) in [6.07, 6.45) is 7.44. The second-order valence-corrected chi connectivity index (χ2v) is 8.74. The van der Waals surface area contributed by atoms with Crippen LogP contribution in [0.4, 0.5) is 4.79 Å². The third-order valence-electron chi connectivity index (χ3n) is 6.66. The van der Waals surface area contributed by atoms with Crippen LogP contribution in [0, 0.1) is 0 Å². The molecule has 10 heteroatoms. The number of aryl methyl sites for hydroxylation is 1. The molecule has 1 N–H and O–H groups in total. The fourth-order valence-electron chi connectivity index (χ4n) is 5.13. The van der Waals surface area contributed by atoms with E-state index in [4.69, 9.17) is 14.0 Å². The number of nitrogens with one attached hydrogen (secondary N) is 1. The van der Waals surface area contributed by atoms with Crippen LogP contribution >= 0.6 is 0 Å². The summed E-state index contributed by atoms with van der Waals surface area (Å²) in [6, 6.07) is 1.24. The summed E-state index contributed by atoms with van der Waals surface area (Å²) in [5.41, 5.74) is 0.275. The number of amides is 1. The molecule has 3 aliphatic rings. The minimum absolute atomic E-state index is 0.0405. The van der Waals surface area contributed by atoms with Crippen molar-refractivity contribution in [3.63, 3.8) is 0 Å². The monoisotopic (exact) mass is 442 g/mol. The molecule has 1 aliphatic carbocycles. The van der Waals surface area contributed by atoms with E-state index in [1.807, 2.05) is 11.8 Å². The highest BCUT2D eigenvalue weighted by Crippen LogP contribution is 2.36. The number of aromatic nitrogens is 2. The summed E-state index contributed by atoms with van der Waals surface area (Å²) in [7, 11) is 0. The number of ether oxygens (including phenoxy) is 1. The molecular formula is C22H26N4O6. The molecular weight excluding hydrogens is 416 g/mol. The van der Waals surface area contributed by atoms with Gasteiger partial charge in [0, 0.05) is 31.0 Å². The first-order valence-corrected chi connectivity index (χ1v) is 11.3. The summed E-state index contributed by atoms with van der Waals surface area (Å²) in [4.78, 5) is 50.8. The summed E-state index contributed by atoms with van der Waals surface area (Å²) < 4.78 is 10.8. The van der Waals surface area contributed by atoms with Gasteiger partial charge in [-0.25, -0.2) is 9.59 Å². The van der Waals surface area contributed by atoms with Crippen LogP contribution in [-0.2, 0) is 11.2 Å². The largest absolute Gasteiger partial charge is 0.446 e. The molecule has 2 unspecified atom stereocenters. The molecule has 0 aromatic carbocycles. The van der Waals surface area contributed by atoms with Crippen molar-refractivity contribution in [3.8, 4) is 6.01 Å². The van der Waals surface area contributed by atoms with Gasteiger partial charge in [-0.2, -0.15) is 4.98 Å².